The van der Waals surface area contributed by atoms with E-state index in [1.54, 1.807) is 12.5 Å². The Morgan fingerprint density at radius 3 is 2.47 bits per heavy atom. The number of furan rings is 1. The highest BCUT2D eigenvalue weighted by molar-refractivity contribution is 5.23. The summed E-state index contributed by atoms with van der Waals surface area (Å²) in [4.78, 5) is 0. The van der Waals surface area contributed by atoms with E-state index in [9.17, 15) is 4.39 Å². The van der Waals surface area contributed by atoms with Gasteiger partial charge in [-0.15, -0.1) is 0 Å². The van der Waals surface area contributed by atoms with Crippen LogP contribution in [0.3, 0.4) is 0 Å². The van der Waals surface area contributed by atoms with Crippen LogP contribution in [0.4, 0.5) is 4.39 Å². The Kier molecular flexibility index (Phi) is 4.74. The molecule has 0 spiro atoms. The monoisotopic (exact) mass is 261 g/mol. The van der Waals surface area contributed by atoms with E-state index < -0.39 is 0 Å². The summed E-state index contributed by atoms with van der Waals surface area (Å²) in [6, 6.07) is 9.18. The van der Waals surface area contributed by atoms with E-state index in [4.69, 9.17) is 4.42 Å². The van der Waals surface area contributed by atoms with Crippen LogP contribution in [0, 0.1) is 5.82 Å². The van der Waals surface area contributed by atoms with Gasteiger partial charge >= 0.3 is 0 Å². The lowest BCUT2D eigenvalue weighted by Gasteiger charge is -2.19. The Hall–Kier alpha value is -1.61. The maximum absolute atomic E-state index is 13.0. The first-order chi connectivity index (χ1) is 9.15. The number of halogens is 1. The summed E-state index contributed by atoms with van der Waals surface area (Å²) in [5, 5.41) is 3.45. The fourth-order valence-corrected chi connectivity index (χ4v) is 2.11. The molecule has 0 saturated heterocycles. The predicted molar refractivity (Wildman–Crippen MR) is 74.7 cm³/mol. The summed E-state index contributed by atoms with van der Waals surface area (Å²) in [6.45, 7) is 5.12. The molecule has 0 aliphatic rings. The van der Waals surface area contributed by atoms with Crippen LogP contribution in [0.25, 0.3) is 0 Å². The third-order valence-electron chi connectivity index (χ3n) is 3.18. The largest absolute Gasteiger partial charge is 0.472 e. The summed E-state index contributed by atoms with van der Waals surface area (Å²) < 4.78 is 18.1. The molecule has 3 heteroatoms. The Morgan fingerprint density at radius 2 is 1.89 bits per heavy atom. The maximum Gasteiger partial charge on any atom is 0.123 e. The Bertz CT molecular complexity index is 476. The van der Waals surface area contributed by atoms with Crippen molar-refractivity contribution in [3.63, 3.8) is 0 Å². The molecule has 0 aliphatic heterocycles. The normalized spacial score (nSPS) is 12.8. The summed E-state index contributed by atoms with van der Waals surface area (Å²) in [7, 11) is 0. The zero-order valence-electron chi connectivity index (χ0n) is 11.4. The molecule has 1 atom stereocenters. The molecule has 0 radical (unpaired) electrons. The minimum absolute atomic E-state index is 0.192. The maximum atomic E-state index is 13.0. The molecule has 2 rings (SSSR count). The highest BCUT2D eigenvalue weighted by atomic mass is 19.1. The quantitative estimate of drug-likeness (QED) is 0.857. The number of hydrogen-bond donors (Lipinski definition) is 1. The van der Waals surface area contributed by atoms with Gasteiger partial charge in [-0.2, -0.15) is 0 Å². The number of benzene rings is 1. The third-order valence-corrected chi connectivity index (χ3v) is 3.18. The fourth-order valence-electron chi connectivity index (χ4n) is 2.11. The van der Waals surface area contributed by atoms with E-state index in [1.165, 1.54) is 17.7 Å². The van der Waals surface area contributed by atoms with Crippen molar-refractivity contribution in [2.45, 2.75) is 32.2 Å². The Morgan fingerprint density at radius 1 is 1.16 bits per heavy atom. The lowest BCUT2D eigenvalue weighted by molar-refractivity contribution is 0.521. The molecule has 0 bridgehead atoms. The molecule has 1 N–H and O–H groups in total. The zero-order chi connectivity index (χ0) is 13.7. The second-order valence-corrected chi connectivity index (χ2v) is 5.15. The van der Waals surface area contributed by atoms with Crippen molar-refractivity contribution in [2.75, 3.05) is 6.54 Å². The average molecular weight is 261 g/mol. The second kappa shape index (κ2) is 6.53. The Balaban J connectivity index is 2.11. The summed E-state index contributed by atoms with van der Waals surface area (Å²) >= 11 is 0. The number of nitrogens with one attached hydrogen (secondary N) is 1. The van der Waals surface area contributed by atoms with Gasteiger partial charge in [-0.05, 0) is 35.7 Å². The van der Waals surface area contributed by atoms with Crippen LogP contribution in [0.1, 0.15) is 30.9 Å². The topological polar surface area (TPSA) is 25.2 Å². The summed E-state index contributed by atoms with van der Waals surface area (Å²) in [6.07, 6.45) is 4.35. The molecule has 0 fully saturated rings. The lowest BCUT2D eigenvalue weighted by Crippen LogP contribution is -2.28. The van der Waals surface area contributed by atoms with Gasteiger partial charge in [-0.1, -0.05) is 26.0 Å². The van der Waals surface area contributed by atoms with Crippen molar-refractivity contribution >= 4 is 0 Å². The van der Waals surface area contributed by atoms with Crippen LogP contribution in [0.2, 0.25) is 0 Å². The standard InChI is InChI=1S/C16H20FNO/c1-12(2)18-10-15(9-13-7-8-19-11-13)14-3-5-16(17)6-4-14/h3-8,11-12,15,18H,9-10H2,1-2H3. The molecule has 0 amide bonds. The van der Waals surface area contributed by atoms with E-state index in [-0.39, 0.29) is 5.82 Å². The smallest absolute Gasteiger partial charge is 0.123 e. The van der Waals surface area contributed by atoms with Crippen molar-refractivity contribution < 1.29 is 8.81 Å². The van der Waals surface area contributed by atoms with Gasteiger partial charge in [0.15, 0.2) is 0 Å². The van der Waals surface area contributed by atoms with Gasteiger partial charge < -0.3 is 9.73 Å². The van der Waals surface area contributed by atoms with E-state index in [1.807, 2.05) is 18.2 Å². The van der Waals surface area contributed by atoms with Crippen LogP contribution in [0.5, 0.6) is 0 Å². The molecule has 1 heterocycles. The fraction of sp³-hybridized carbons (Fsp3) is 0.375. The van der Waals surface area contributed by atoms with Crippen molar-refractivity contribution in [3.05, 3.63) is 59.8 Å². The summed E-state index contributed by atoms with van der Waals surface area (Å²) in [5.74, 6) is 0.128. The van der Waals surface area contributed by atoms with Crippen LogP contribution < -0.4 is 5.32 Å². The molecule has 2 nitrogen and oxygen atoms in total. The van der Waals surface area contributed by atoms with Gasteiger partial charge in [-0.25, -0.2) is 4.39 Å². The van der Waals surface area contributed by atoms with E-state index >= 15 is 0 Å². The minimum Gasteiger partial charge on any atom is -0.472 e. The van der Waals surface area contributed by atoms with Gasteiger partial charge in [0.05, 0.1) is 12.5 Å². The molecule has 102 valence electrons. The van der Waals surface area contributed by atoms with Gasteiger partial charge in [-0.3, -0.25) is 0 Å². The minimum atomic E-state index is -0.192. The molecule has 1 aromatic heterocycles. The predicted octanol–water partition coefficient (Wildman–Crippen LogP) is 3.74. The van der Waals surface area contributed by atoms with E-state index in [0.29, 0.717) is 12.0 Å². The SMILES string of the molecule is CC(C)NCC(Cc1ccoc1)c1ccc(F)cc1. The van der Waals surface area contributed by atoms with Crippen molar-refractivity contribution in [1.29, 1.82) is 0 Å². The average Bonchev–Trinajstić information content (AvgIpc) is 2.88. The highest BCUT2D eigenvalue weighted by Crippen LogP contribution is 2.21. The first kappa shape index (κ1) is 13.8. The van der Waals surface area contributed by atoms with Crippen molar-refractivity contribution in [3.8, 4) is 0 Å². The molecule has 2 aromatic rings. The van der Waals surface area contributed by atoms with E-state index in [0.717, 1.165) is 18.5 Å². The van der Waals surface area contributed by atoms with Crippen molar-refractivity contribution in [2.24, 2.45) is 0 Å². The van der Waals surface area contributed by atoms with Gasteiger partial charge in [0.1, 0.15) is 5.82 Å². The van der Waals surface area contributed by atoms with Crippen molar-refractivity contribution in [1.82, 2.24) is 5.32 Å². The van der Waals surface area contributed by atoms with Gasteiger partial charge in [0, 0.05) is 18.5 Å². The molecule has 1 unspecified atom stereocenters. The lowest BCUT2D eigenvalue weighted by atomic mass is 9.92. The number of rotatable bonds is 6. The summed E-state index contributed by atoms with van der Waals surface area (Å²) in [5.41, 5.74) is 2.32. The van der Waals surface area contributed by atoms with Crippen LogP contribution >= 0.6 is 0 Å². The van der Waals surface area contributed by atoms with E-state index in [2.05, 4.69) is 19.2 Å². The molecule has 19 heavy (non-hydrogen) atoms. The number of hydrogen-bond acceptors (Lipinski definition) is 2. The van der Waals surface area contributed by atoms with Gasteiger partial charge in [0.2, 0.25) is 0 Å². The zero-order valence-corrected chi connectivity index (χ0v) is 11.4. The molecule has 1 aromatic carbocycles. The first-order valence-electron chi connectivity index (χ1n) is 6.65. The first-order valence-corrected chi connectivity index (χ1v) is 6.65. The van der Waals surface area contributed by atoms with Crippen LogP contribution in [-0.4, -0.2) is 12.6 Å². The van der Waals surface area contributed by atoms with Crippen LogP contribution in [-0.2, 0) is 6.42 Å². The second-order valence-electron chi connectivity index (χ2n) is 5.15. The van der Waals surface area contributed by atoms with Gasteiger partial charge in [0.25, 0.3) is 0 Å². The third kappa shape index (κ3) is 4.21. The molecule has 0 aliphatic carbocycles. The molecular formula is C16H20FNO. The molecular weight excluding hydrogens is 241 g/mol. The Labute approximate surface area is 113 Å². The van der Waals surface area contributed by atoms with Crippen LogP contribution in [0.15, 0.2) is 47.3 Å². The highest BCUT2D eigenvalue weighted by Gasteiger charge is 2.13. The molecule has 0 saturated carbocycles.